The lowest BCUT2D eigenvalue weighted by molar-refractivity contribution is -0.137. The van der Waals surface area contributed by atoms with E-state index >= 15 is 0 Å². The van der Waals surface area contributed by atoms with E-state index in [9.17, 15) is 9.36 Å². The van der Waals surface area contributed by atoms with Gasteiger partial charge in [-0.25, -0.2) is 0 Å². The van der Waals surface area contributed by atoms with Crippen LogP contribution in [0.5, 0.6) is 0 Å². The molecule has 0 aliphatic heterocycles. The normalized spacial score (nSPS) is 12.7. The van der Waals surface area contributed by atoms with Gasteiger partial charge in [0, 0.05) is 0 Å². The lowest BCUT2D eigenvalue weighted by Crippen LogP contribution is -2.23. The van der Waals surface area contributed by atoms with Crippen molar-refractivity contribution in [1.29, 1.82) is 0 Å². The molecule has 2 aromatic carbocycles. The predicted octanol–water partition coefficient (Wildman–Crippen LogP) is 3.50. The van der Waals surface area contributed by atoms with E-state index < -0.39 is 13.3 Å². The van der Waals surface area contributed by atoms with Gasteiger partial charge in [0.25, 0.3) is 0 Å². The lowest BCUT2D eigenvalue weighted by Gasteiger charge is -2.20. The molecule has 0 spiro atoms. The van der Waals surface area contributed by atoms with Crippen molar-refractivity contribution >= 4 is 23.9 Å². The van der Waals surface area contributed by atoms with Crippen LogP contribution >= 0.6 is 7.37 Å². The minimum absolute atomic E-state index is 0.272. The van der Waals surface area contributed by atoms with E-state index in [1.54, 1.807) is 55.5 Å². The molecule has 2 aromatic rings. The highest BCUT2D eigenvalue weighted by atomic mass is 31.2. The summed E-state index contributed by atoms with van der Waals surface area (Å²) in [6, 6.07) is 17.8. The summed E-state index contributed by atoms with van der Waals surface area (Å²) < 4.78 is 18.9. The van der Waals surface area contributed by atoms with Crippen molar-refractivity contribution in [3.05, 3.63) is 60.7 Å². The van der Waals surface area contributed by atoms with Gasteiger partial charge in [0.1, 0.15) is 0 Å². The molecule has 0 amide bonds. The molecule has 4 heteroatoms. The second-order valence-electron chi connectivity index (χ2n) is 4.94. The second kappa shape index (κ2) is 6.73. The maximum atomic E-state index is 13.4. The molecular weight excluding hydrogens is 283 g/mol. The molecule has 3 nitrogen and oxygen atoms in total. The third kappa shape index (κ3) is 3.43. The summed E-state index contributed by atoms with van der Waals surface area (Å²) in [7, 11) is -3.40. The summed E-state index contributed by atoms with van der Waals surface area (Å²) in [4.78, 5) is 12.1. The van der Waals surface area contributed by atoms with Crippen LogP contribution in [0.15, 0.2) is 60.7 Å². The summed E-state index contributed by atoms with van der Waals surface area (Å²) in [5.41, 5.74) is 0. The molecule has 0 bridgehead atoms. The van der Waals surface area contributed by atoms with Crippen molar-refractivity contribution in [2.75, 3.05) is 0 Å². The summed E-state index contributed by atoms with van der Waals surface area (Å²) >= 11 is 0. The standard InChI is InChI=1S/C17H19O3P/c1-3-14(2)17(18)20-21(19,15-10-6-4-7-11-15)16-12-8-5-9-13-16/h4-14H,3H2,1-2H3. The van der Waals surface area contributed by atoms with Crippen LogP contribution in [0.1, 0.15) is 20.3 Å². The minimum Gasteiger partial charge on any atom is -0.404 e. The fourth-order valence-electron chi connectivity index (χ4n) is 1.89. The van der Waals surface area contributed by atoms with Crippen molar-refractivity contribution in [1.82, 2.24) is 0 Å². The summed E-state index contributed by atoms with van der Waals surface area (Å²) in [5.74, 6) is -0.695. The van der Waals surface area contributed by atoms with Crippen molar-refractivity contribution in [2.45, 2.75) is 20.3 Å². The number of benzene rings is 2. The van der Waals surface area contributed by atoms with Crippen molar-refractivity contribution in [2.24, 2.45) is 5.92 Å². The smallest absolute Gasteiger partial charge is 0.314 e. The van der Waals surface area contributed by atoms with Crippen LogP contribution in [0.3, 0.4) is 0 Å². The molecule has 0 saturated heterocycles. The molecular formula is C17H19O3P. The fourth-order valence-corrected chi connectivity index (χ4v) is 3.96. The summed E-state index contributed by atoms with van der Waals surface area (Å²) in [5, 5.41) is 1.07. The molecule has 1 atom stereocenters. The first-order valence-corrected chi connectivity index (χ1v) is 8.65. The van der Waals surface area contributed by atoms with Crippen LogP contribution < -0.4 is 10.6 Å². The summed E-state index contributed by atoms with van der Waals surface area (Å²) in [6.45, 7) is 3.69. The van der Waals surface area contributed by atoms with Crippen LogP contribution in [0.4, 0.5) is 0 Å². The van der Waals surface area contributed by atoms with Gasteiger partial charge in [-0.2, -0.15) is 0 Å². The van der Waals surface area contributed by atoms with Crippen molar-refractivity contribution < 1.29 is 13.9 Å². The van der Waals surface area contributed by atoms with Crippen LogP contribution in [-0.4, -0.2) is 5.97 Å². The molecule has 21 heavy (non-hydrogen) atoms. The molecule has 1 unspecified atom stereocenters. The van der Waals surface area contributed by atoms with Gasteiger partial charge in [0.05, 0.1) is 16.5 Å². The van der Waals surface area contributed by atoms with Crippen molar-refractivity contribution in [3.63, 3.8) is 0 Å². The molecule has 0 radical (unpaired) electrons. The Hall–Kier alpha value is -1.86. The zero-order chi connectivity index (χ0) is 15.3. The van der Waals surface area contributed by atoms with E-state index in [0.717, 1.165) is 0 Å². The van der Waals surface area contributed by atoms with Gasteiger partial charge >= 0.3 is 13.3 Å². The van der Waals surface area contributed by atoms with Gasteiger partial charge in [0.2, 0.25) is 0 Å². The molecule has 0 aliphatic carbocycles. The van der Waals surface area contributed by atoms with Crippen LogP contribution in [0.25, 0.3) is 0 Å². The Morgan fingerprint density at radius 2 is 1.43 bits per heavy atom. The van der Waals surface area contributed by atoms with Crippen molar-refractivity contribution in [3.8, 4) is 0 Å². The maximum absolute atomic E-state index is 13.4. The molecule has 0 N–H and O–H groups in total. The van der Waals surface area contributed by atoms with E-state index in [4.69, 9.17) is 4.52 Å². The SMILES string of the molecule is CCC(C)C(=O)OP(=O)(c1ccccc1)c1ccccc1. The highest BCUT2D eigenvalue weighted by Crippen LogP contribution is 2.45. The van der Waals surface area contributed by atoms with Gasteiger partial charge in [-0.3, -0.25) is 9.36 Å². The van der Waals surface area contributed by atoms with E-state index in [1.807, 2.05) is 19.1 Å². The van der Waals surface area contributed by atoms with Crippen LogP contribution in [0, 0.1) is 5.92 Å². The van der Waals surface area contributed by atoms with Gasteiger partial charge in [-0.1, -0.05) is 50.2 Å². The number of carbonyl (C=O) groups is 1. The zero-order valence-electron chi connectivity index (χ0n) is 12.2. The van der Waals surface area contributed by atoms with Gasteiger partial charge in [-0.05, 0) is 30.7 Å². The first kappa shape index (κ1) is 15.5. The molecule has 0 saturated carbocycles. The highest BCUT2D eigenvalue weighted by Gasteiger charge is 2.33. The minimum atomic E-state index is -3.40. The van der Waals surface area contributed by atoms with E-state index in [1.165, 1.54) is 0 Å². The Bertz CT molecular complexity index is 594. The Balaban J connectivity index is 2.46. The Morgan fingerprint density at radius 1 is 1.00 bits per heavy atom. The van der Waals surface area contributed by atoms with Crippen LogP contribution in [-0.2, 0) is 13.9 Å². The van der Waals surface area contributed by atoms with E-state index in [2.05, 4.69) is 0 Å². The largest absolute Gasteiger partial charge is 0.404 e. The Kier molecular flexibility index (Phi) is 4.98. The van der Waals surface area contributed by atoms with Gasteiger partial charge in [-0.15, -0.1) is 0 Å². The number of hydrogen-bond acceptors (Lipinski definition) is 3. The first-order chi connectivity index (χ1) is 10.1. The Labute approximate surface area is 125 Å². The molecule has 0 fully saturated rings. The quantitative estimate of drug-likeness (QED) is 0.794. The lowest BCUT2D eigenvalue weighted by atomic mass is 10.1. The predicted molar refractivity (Wildman–Crippen MR) is 85.3 cm³/mol. The average molecular weight is 302 g/mol. The van der Waals surface area contributed by atoms with E-state index in [0.29, 0.717) is 17.0 Å². The third-order valence-electron chi connectivity index (χ3n) is 3.43. The summed E-state index contributed by atoms with van der Waals surface area (Å²) in [6.07, 6.45) is 0.655. The maximum Gasteiger partial charge on any atom is 0.314 e. The molecule has 0 heterocycles. The molecule has 0 aromatic heterocycles. The zero-order valence-corrected chi connectivity index (χ0v) is 13.1. The molecule has 110 valence electrons. The molecule has 2 rings (SSSR count). The van der Waals surface area contributed by atoms with E-state index in [-0.39, 0.29) is 5.92 Å². The first-order valence-electron chi connectivity index (χ1n) is 7.02. The second-order valence-corrected chi connectivity index (χ2v) is 7.26. The fraction of sp³-hybridized carbons (Fsp3) is 0.235. The monoisotopic (exact) mass is 302 g/mol. The third-order valence-corrected chi connectivity index (χ3v) is 5.82. The van der Waals surface area contributed by atoms with Crippen LogP contribution in [0.2, 0.25) is 0 Å². The molecule has 0 aliphatic rings. The number of hydrogen-bond donors (Lipinski definition) is 0. The number of carbonyl (C=O) groups excluding carboxylic acids is 1. The topological polar surface area (TPSA) is 43.4 Å². The highest BCUT2D eigenvalue weighted by molar-refractivity contribution is 7.74. The van der Waals surface area contributed by atoms with Gasteiger partial charge in [0.15, 0.2) is 0 Å². The van der Waals surface area contributed by atoms with Gasteiger partial charge < -0.3 is 4.52 Å². The average Bonchev–Trinajstić information content (AvgIpc) is 2.55. The Morgan fingerprint density at radius 3 is 1.81 bits per heavy atom. The number of rotatable bonds is 5.